The number of hydrogen-bond acceptors (Lipinski definition) is 10. The van der Waals surface area contributed by atoms with Crippen LogP contribution in [-0.4, -0.2) is 100 Å². The van der Waals surface area contributed by atoms with Crippen molar-refractivity contribution in [2.45, 2.75) is 29.1 Å². The summed E-state index contributed by atoms with van der Waals surface area (Å²) in [4.78, 5) is 28.9. The molecule has 5 rings (SSSR count). The van der Waals surface area contributed by atoms with Crippen LogP contribution in [0.25, 0.3) is 0 Å². The van der Waals surface area contributed by atoms with Crippen molar-refractivity contribution in [1.29, 1.82) is 0 Å². The molecule has 0 aromatic heterocycles. The van der Waals surface area contributed by atoms with Crippen molar-refractivity contribution in [3.05, 3.63) is 59.7 Å². The van der Waals surface area contributed by atoms with Gasteiger partial charge >= 0.3 is 5.91 Å². The minimum atomic E-state index is -4.80. The molecule has 2 amide bonds. The average Bonchev–Trinajstić information content (AvgIpc) is 3.56. The van der Waals surface area contributed by atoms with Crippen LogP contribution in [0.5, 0.6) is 34.5 Å². The summed E-state index contributed by atoms with van der Waals surface area (Å²) in [6.45, 7) is -0.327. The average molecular weight is 689 g/mol. The Labute approximate surface area is 278 Å². The number of hydrogen-bond donors (Lipinski definition) is 1. The summed E-state index contributed by atoms with van der Waals surface area (Å²) >= 11 is 0. The number of rotatable bonds is 11. The number of quaternary nitrogens is 1. The molecule has 48 heavy (non-hydrogen) atoms. The molecule has 2 heterocycles. The number of benzene rings is 3. The maximum atomic E-state index is 15.8. The first-order valence-corrected chi connectivity index (χ1v) is 16.3. The molecule has 0 radical (unpaired) electrons. The summed E-state index contributed by atoms with van der Waals surface area (Å²) in [6, 6.07) is 10.5. The summed E-state index contributed by atoms with van der Waals surface area (Å²) in [7, 11) is 6.51. The molecule has 0 saturated carbocycles. The first kappa shape index (κ1) is 34.6. The number of methoxy groups -OCH3 is 6. The molecule has 258 valence electrons. The number of anilines is 1. The zero-order valence-electron chi connectivity index (χ0n) is 28.0. The van der Waals surface area contributed by atoms with E-state index in [2.05, 4.69) is 5.32 Å². The smallest absolute Gasteiger partial charge is 0.312 e. The Bertz CT molecular complexity index is 1870. The van der Waals surface area contributed by atoms with Crippen LogP contribution < -0.4 is 38.0 Å². The number of nitrogens with zero attached hydrogens (tertiary/aromatic N) is 2. The molecule has 0 aliphatic carbocycles. The van der Waals surface area contributed by atoms with Crippen LogP contribution in [0, 0.1) is 0 Å². The van der Waals surface area contributed by atoms with Crippen molar-refractivity contribution < 1.29 is 55.3 Å². The number of fused-ring (bicyclic) bond motifs is 1. The molecule has 13 nitrogen and oxygen atoms in total. The van der Waals surface area contributed by atoms with Gasteiger partial charge in [0.2, 0.25) is 5.54 Å². The van der Waals surface area contributed by atoms with E-state index in [-0.39, 0.29) is 57.7 Å². The Morgan fingerprint density at radius 1 is 0.833 bits per heavy atom. The normalized spacial score (nSPS) is 23.4. The molecule has 2 aliphatic heterocycles. The van der Waals surface area contributed by atoms with Crippen LogP contribution >= 0.6 is 0 Å². The van der Waals surface area contributed by atoms with Gasteiger partial charge in [-0.25, -0.2) is 12.8 Å². The number of nitrogens with one attached hydrogen (secondary N) is 1. The molecular formula is C33H39FN3O10S+. The number of ether oxygens (including phenoxy) is 6. The molecule has 1 N–H and O–H groups in total. The largest absolute Gasteiger partial charge is 0.497 e. The van der Waals surface area contributed by atoms with Gasteiger partial charge in [-0.15, -0.1) is 0 Å². The number of likely N-dealkylation sites (tertiary alicyclic amines) is 1. The monoisotopic (exact) mass is 688 g/mol. The lowest BCUT2D eigenvalue weighted by Crippen LogP contribution is -2.69. The van der Waals surface area contributed by atoms with Gasteiger partial charge in [0.05, 0.1) is 66.5 Å². The molecule has 3 aromatic rings. The predicted molar refractivity (Wildman–Crippen MR) is 173 cm³/mol. The Morgan fingerprint density at radius 2 is 1.40 bits per heavy atom. The van der Waals surface area contributed by atoms with Gasteiger partial charge in [-0.2, -0.15) is 4.31 Å². The highest BCUT2D eigenvalue weighted by Gasteiger charge is 2.72. The highest BCUT2D eigenvalue weighted by atomic mass is 32.2. The van der Waals surface area contributed by atoms with Crippen molar-refractivity contribution in [1.82, 2.24) is 5.32 Å². The van der Waals surface area contributed by atoms with Gasteiger partial charge in [0.15, 0.2) is 23.7 Å². The fourth-order valence-corrected chi connectivity index (χ4v) is 8.73. The second-order valence-corrected chi connectivity index (χ2v) is 13.3. The van der Waals surface area contributed by atoms with E-state index >= 15 is 9.18 Å². The molecule has 0 bridgehead atoms. The van der Waals surface area contributed by atoms with Crippen LogP contribution in [0.1, 0.15) is 17.5 Å². The van der Waals surface area contributed by atoms with E-state index < -0.39 is 44.1 Å². The van der Waals surface area contributed by atoms with E-state index in [0.29, 0.717) is 15.8 Å². The lowest BCUT2D eigenvalue weighted by atomic mass is 9.78. The van der Waals surface area contributed by atoms with E-state index in [4.69, 9.17) is 28.4 Å². The lowest BCUT2D eigenvalue weighted by Gasteiger charge is -2.48. The van der Waals surface area contributed by atoms with Gasteiger partial charge in [-0.05, 0) is 30.3 Å². The number of likely N-dealkylation sites (N-methyl/N-ethyl adjacent to an activating group) is 2. The number of halogens is 1. The Balaban J connectivity index is 1.98. The van der Waals surface area contributed by atoms with Crippen LogP contribution in [0.15, 0.2) is 53.4 Å². The molecule has 2 aliphatic rings. The Morgan fingerprint density at radius 3 is 1.96 bits per heavy atom. The first-order chi connectivity index (χ1) is 22.8. The van der Waals surface area contributed by atoms with Crippen LogP contribution in [-0.2, 0) is 25.2 Å². The SMILES string of the molecule is CNC(=O)[C@@H]1C[C@@H](F)C[N+]1(C)C1(c2ccc(OC)cc2OC)C(=O)N(S(=O)(=O)c2ccc(OC)cc2OC)c2cc(OC)c(OC)cc21. The number of sulfonamides is 1. The first-order valence-electron chi connectivity index (χ1n) is 14.9. The number of alkyl halides is 1. The predicted octanol–water partition coefficient (Wildman–Crippen LogP) is 3.02. The highest BCUT2D eigenvalue weighted by molar-refractivity contribution is 7.93. The quantitative estimate of drug-likeness (QED) is 0.299. The third-order valence-corrected chi connectivity index (χ3v) is 11.1. The standard InChI is InChI=1S/C33H38FN3O10S/c1-35-31(38)25-13-19(34)18-37(25,2)33(22-11-9-20(42-3)14-26(22)44-5)23-16-27(45-6)28(46-7)17-24(23)36(32(33)39)48(40,41)30-12-10-21(43-4)15-29(30)47-8/h9-12,14-17,19,25H,13,18H2,1-8H3/p+1/t19-,25+,33?,37?/m1/s1. The van der Waals surface area contributed by atoms with E-state index in [1.54, 1.807) is 25.2 Å². The molecule has 3 aromatic carbocycles. The van der Waals surface area contributed by atoms with Crippen molar-refractivity contribution in [2.75, 3.05) is 67.6 Å². The van der Waals surface area contributed by atoms with Crippen LogP contribution in [0.2, 0.25) is 0 Å². The van der Waals surface area contributed by atoms with Crippen molar-refractivity contribution in [2.24, 2.45) is 0 Å². The van der Waals surface area contributed by atoms with Gasteiger partial charge in [-0.3, -0.25) is 14.1 Å². The van der Waals surface area contributed by atoms with Gasteiger partial charge in [0, 0.05) is 31.7 Å². The van der Waals surface area contributed by atoms with E-state index in [1.165, 1.54) is 80.0 Å². The molecule has 2 unspecified atom stereocenters. The van der Waals surface area contributed by atoms with Gasteiger partial charge < -0.3 is 33.7 Å². The molecule has 4 atom stereocenters. The van der Waals surface area contributed by atoms with E-state index in [9.17, 15) is 13.2 Å². The van der Waals surface area contributed by atoms with Gasteiger partial charge in [0.25, 0.3) is 15.9 Å². The summed E-state index contributed by atoms with van der Waals surface area (Å²) in [5.74, 6) is -0.469. The Hall–Kier alpha value is -4.76. The second-order valence-electron chi connectivity index (χ2n) is 11.5. The minimum Gasteiger partial charge on any atom is -0.497 e. The fraction of sp³-hybridized carbons (Fsp3) is 0.394. The minimum absolute atomic E-state index is 0.0858. The van der Waals surface area contributed by atoms with Crippen LogP contribution in [0.3, 0.4) is 0 Å². The maximum Gasteiger partial charge on any atom is 0.312 e. The topological polar surface area (TPSA) is 139 Å². The van der Waals surface area contributed by atoms with Crippen molar-refractivity contribution in [3.8, 4) is 34.5 Å². The lowest BCUT2D eigenvalue weighted by molar-refractivity contribution is -0.953. The van der Waals surface area contributed by atoms with E-state index in [1.807, 2.05) is 0 Å². The zero-order valence-corrected chi connectivity index (χ0v) is 28.8. The van der Waals surface area contributed by atoms with Crippen molar-refractivity contribution >= 4 is 27.5 Å². The second kappa shape index (κ2) is 12.7. The molecule has 1 saturated heterocycles. The maximum absolute atomic E-state index is 15.8. The third kappa shape index (κ3) is 4.86. The fourth-order valence-electron chi connectivity index (χ4n) is 7.14. The van der Waals surface area contributed by atoms with E-state index in [0.717, 1.165) is 0 Å². The molecular weight excluding hydrogens is 649 g/mol. The molecule has 1 fully saturated rings. The van der Waals surface area contributed by atoms with Gasteiger partial charge in [0.1, 0.15) is 34.4 Å². The number of carbonyl (C=O) groups excluding carboxylic acids is 2. The molecule has 15 heteroatoms. The number of amides is 2. The summed E-state index contributed by atoms with van der Waals surface area (Å²) in [6.07, 6.45) is -1.76. The summed E-state index contributed by atoms with van der Waals surface area (Å²) in [5.41, 5.74) is -1.90. The summed E-state index contributed by atoms with van der Waals surface area (Å²) in [5, 5.41) is 2.61. The van der Waals surface area contributed by atoms with Crippen LogP contribution in [0.4, 0.5) is 10.1 Å². The number of carbonyl (C=O) groups is 2. The van der Waals surface area contributed by atoms with Gasteiger partial charge in [-0.1, -0.05) is 0 Å². The zero-order chi connectivity index (χ0) is 35.2. The molecule has 0 spiro atoms. The summed E-state index contributed by atoms with van der Waals surface area (Å²) < 4.78 is 78.8. The Kier molecular flexibility index (Phi) is 9.14. The van der Waals surface area contributed by atoms with Crippen molar-refractivity contribution in [3.63, 3.8) is 0 Å². The third-order valence-electron chi connectivity index (χ3n) is 9.35. The highest BCUT2D eigenvalue weighted by Crippen LogP contribution is 2.59.